The molecule has 10 atom stereocenters. The number of hydrogen-bond acceptors (Lipinski definition) is 16. The Hall–Kier alpha value is -9.60. The number of hydroxylamine groups is 2. The maximum atomic E-state index is 14.0. The number of ether oxygens (including phenoxy) is 2. The number of rotatable bonds is 14. The molecule has 4 bridgehead atoms. The molecule has 12 rings (SSSR count). The number of nitrogens with zero attached hydrogens (tertiary/aromatic N) is 5. The SMILES string of the molecule is CC.CC.CN1C(=O)C2CC(C1=O)C1C(=O)N(C)C(=O)CC21.CN1C(=O)C2CC(C1=O)C1C(=O)N(C)C(=O)CC21.COC(=O)/C=C/c1ccc(OC(=O)C(CON2C(C)(C)CC(NC(C)=O)CC2(C)C)CC(CC(=O)c2ccccc2)c2ccccc2)cc1.[3HH].c1ccccc1.c1ccccc1. The number of nitrogens with one attached hydrogen (secondary N) is 1. The van der Waals surface area contributed by atoms with Crippen molar-refractivity contribution >= 4 is 77.0 Å². The second-order valence-corrected chi connectivity index (χ2v) is 26.9. The zero-order valence-corrected chi connectivity index (χ0v) is 60.7. The molecule has 0 aromatic heterocycles. The molecule has 5 aliphatic heterocycles. The topological polar surface area (TPSA) is 261 Å². The van der Waals surface area contributed by atoms with E-state index in [9.17, 15) is 57.5 Å². The van der Waals surface area contributed by atoms with E-state index in [1.807, 2.05) is 154 Å². The van der Waals surface area contributed by atoms with Crippen molar-refractivity contribution in [3.05, 3.63) is 180 Å². The summed E-state index contributed by atoms with van der Waals surface area (Å²) in [5.41, 5.74) is 1.38. The maximum absolute atomic E-state index is 14.0. The second kappa shape index (κ2) is 37.2. The van der Waals surface area contributed by atoms with Gasteiger partial charge in [-0.05, 0) is 107 Å². The fourth-order valence-corrected chi connectivity index (χ4v) is 14.8. The molecule has 5 aromatic carbocycles. The number of benzene rings is 5. The van der Waals surface area contributed by atoms with Crippen LogP contribution >= 0.6 is 0 Å². The van der Waals surface area contributed by atoms with Gasteiger partial charge in [-0.3, -0.25) is 77.2 Å². The summed E-state index contributed by atoms with van der Waals surface area (Å²) in [6, 6.07) is 49.7. The van der Waals surface area contributed by atoms with Crippen LogP contribution in [0.4, 0.5) is 0 Å². The molecule has 21 heteroatoms. The van der Waals surface area contributed by atoms with Gasteiger partial charge < -0.3 is 14.8 Å². The Kier molecular flexibility index (Phi) is 29.6. The molecular weight excluding hydrogens is 1280 g/mol. The van der Waals surface area contributed by atoms with Crippen molar-refractivity contribution in [2.45, 2.75) is 137 Å². The Morgan fingerprint density at radius 1 is 0.545 bits per heavy atom. The lowest BCUT2D eigenvalue weighted by Crippen LogP contribution is -2.64. The van der Waals surface area contributed by atoms with Crippen LogP contribution in [0, 0.1) is 53.3 Å². The molecule has 10 unspecified atom stereocenters. The van der Waals surface area contributed by atoms with Crippen molar-refractivity contribution in [2.75, 3.05) is 41.9 Å². The monoisotopic (exact) mass is 1390 g/mol. The van der Waals surface area contributed by atoms with Gasteiger partial charge in [0.1, 0.15) is 5.75 Å². The number of methoxy groups -OCH3 is 1. The molecular formula is C80H102N6O15. The Labute approximate surface area is 595 Å². The average Bonchev–Trinajstić information content (AvgIpc) is 1.57. The van der Waals surface area contributed by atoms with E-state index in [2.05, 4.69) is 37.7 Å². The molecule has 0 radical (unpaired) electrons. The third-order valence-corrected chi connectivity index (χ3v) is 19.4. The first kappa shape index (κ1) is 80.4. The molecule has 542 valence electrons. The molecule has 5 saturated heterocycles. The Balaban J connectivity index is 0.000000283. The summed E-state index contributed by atoms with van der Waals surface area (Å²) in [7, 11) is 7.11. The van der Waals surface area contributed by atoms with E-state index in [1.165, 1.54) is 48.3 Å². The smallest absolute Gasteiger partial charge is 0.330 e. The first-order chi connectivity index (χ1) is 48.1. The summed E-state index contributed by atoms with van der Waals surface area (Å²) >= 11 is 0. The largest absolute Gasteiger partial charge is 0.466 e. The maximum Gasteiger partial charge on any atom is 0.330 e. The van der Waals surface area contributed by atoms with E-state index in [0.717, 1.165) is 30.7 Å². The molecule has 1 N–H and O–H groups in total. The van der Waals surface area contributed by atoms with Crippen molar-refractivity contribution in [3.8, 4) is 5.75 Å². The van der Waals surface area contributed by atoms with Gasteiger partial charge in [0, 0.05) is 96.4 Å². The summed E-state index contributed by atoms with van der Waals surface area (Å²) in [4.78, 5) is 158. The minimum Gasteiger partial charge on any atom is -0.466 e. The zero-order valence-electron chi connectivity index (χ0n) is 60.7. The number of imide groups is 4. The molecule has 2 saturated carbocycles. The van der Waals surface area contributed by atoms with Crippen LogP contribution in [-0.4, -0.2) is 155 Å². The molecule has 9 amide bonds. The van der Waals surface area contributed by atoms with Gasteiger partial charge in [0.05, 0.1) is 43.3 Å². The number of carbonyl (C=O) groups excluding carboxylic acids is 12. The summed E-state index contributed by atoms with van der Waals surface area (Å²) in [5, 5.41) is 5.02. The van der Waals surface area contributed by atoms with Gasteiger partial charge in [-0.15, -0.1) is 0 Å². The molecule has 0 spiro atoms. The van der Waals surface area contributed by atoms with E-state index in [0.29, 0.717) is 43.4 Å². The van der Waals surface area contributed by atoms with Crippen molar-refractivity contribution in [1.29, 1.82) is 0 Å². The number of likely N-dealkylation sites (tertiary alicyclic amines) is 4. The number of ketones is 1. The highest BCUT2D eigenvalue weighted by molar-refractivity contribution is 6.09. The van der Waals surface area contributed by atoms with Gasteiger partial charge in [-0.25, -0.2) is 4.79 Å². The van der Waals surface area contributed by atoms with E-state index in [-0.39, 0.29) is 122 Å². The molecule has 7 aliphatic rings. The molecule has 2 aliphatic carbocycles. The van der Waals surface area contributed by atoms with Crippen molar-refractivity contribution in [3.63, 3.8) is 0 Å². The van der Waals surface area contributed by atoms with Gasteiger partial charge in [-0.2, -0.15) is 5.06 Å². The fourth-order valence-electron chi connectivity index (χ4n) is 14.8. The standard InChI is InChI=1S/C40H48N2O7.2C12H14N2O4.2C6H6.2C2H6.H2/c1-28(43)41-34-25-39(2,3)42(40(4,5)26-34)48-27-33(38(46)49-35-20-17-29(18-21-35)19-22-37(45)47-6)23-32(30-13-9-7-10-14-30)24-36(44)31-15-11-8-12-16-31;2*1-13-8(15)4-5-6-3-7(9(5)12(13)18)11(17)14(2)10(6)16;2*1-2-4-6-5-3-1;2*1-2;/h7-22,32-34H,23-27H2,1-6H3,(H,41,43);2*5-7,9H,3-4H2,1-2H3;2*1-6H;2*1-2H3;1H/b22-19+;;;;;;;/i;;;;;;;1+2. The number of amides is 9. The molecule has 7 fully saturated rings. The van der Waals surface area contributed by atoms with Crippen LogP contribution < -0.4 is 10.1 Å². The van der Waals surface area contributed by atoms with Gasteiger partial charge in [0.15, 0.2) is 5.78 Å². The first-order valence-corrected chi connectivity index (χ1v) is 34.8. The van der Waals surface area contributed by atoms with Gasteiger partial charge >= 0.3 is 11.9 Å². The van der Waals surface area contributed by atoms with Gasteiger partial charge in [0.2, 0.25) is 53.2 Å². The number of piperidine rings is 5. The minimum absolute atomic E-state index is 0. The predicted octanol–water partition coefficient (Wildman–Crippen LogP) is 11.1. The molecule has 5 heterocycles. The van der Waals surface area contributed by atoms with Crippen LogP contribution in [0.15, 0.2) is 164 Å². The van der Waals surface area contributed by atoms with Crippen LogP contribution in [0.2, 0.25) is 0 Å². The lowest BCUT2D eigenvalue weighted by molar-refractivity contribution is -0.288. The van der Waals surface area contributed by atoms with E-state index in [1.54, 1.807) is 42.5 Å². The summed E-state index contributed by atoms with van der Waals surface area (Å²) < 4.78 is 10.6. The van der Waals surface area contributed by atoms with Crippen LogP contribution in [0.25, 0.3) is 6.08 Å². The molecule has 101 heavy (non-hydrogen) atoms. The zero-order chi connectivity index (χ0) is 74.5. The lowest BCUT2D eigenvalue weighted by atomic mass is 9.79. The van der Waals surface area contributed by atoms with Gasteiger partial charge in [0.25, 0.3) is 0 Å². The highest BCUT2D eigenvalue weighted by atomic mass is 16.7. The highest BCUT2D eigenvalue weighted by Gasteiger charge is 2.62. The number of esters is 2. The van der Waals surface area contributed by atoms with E-state index in [4.69, 9.17) is 9.57 Å². The van der Waals surface area contributed by atoms with Crippen LogP contribution in [0.1, 0.15) is 143 Å². The number of carbonyl (C=O) groups is 12. The highest BCUT2D eigenvalue weighted by Crippen LogP contribution is 2.52. The number of hydrogen-bond donors (Lipinski definition) is 1. The fraction of sp³-hybridized carbons (Fsp3) is 0.450. The summed E-state index contributed by atoms with van der Waals surface area (Å²) in [5.74, 6) is -6.94. The van der Waals surface area contributed by atoms with Crippen LogP contribution in [0.5, 0.6) is 5.75 Å². The van der Waals surface area contributed by atoms with Crippen molar-refractivity contribution in [2.24, 2.45) is 53.3 Å². The van der Waals surface area contributed by atoms with Crippen molar-refractivity contribution < 1.29 is 73.3 Å². The lowest BCUT2D eigenvalue weighted by Gasteiger charge is -2.54. The first-order valence-electron chi connectivity index (χ1n) is 34.8. The third kappa shape index (κ3) is 20.3. The normalized spacial score (nSPS) is 23.5. The summed E-state index contributed by atoms with van der Waals surface area (Å²) in [6.07, 6.45) is 6.01. The molecule has 21 nitrogen and oxygen atoms in total. The second-order valence-electron chi connectivity index (χ2n) is 26.9. The number of fused-ring (bicyclic) bond motifs is 10. The average molecular weight is 1390 g/mol. The van der Waals surface area contributed by atoms with Gasteiger partial charge in [-0.1, -0.05) is 173 Å². The predicted molar refractivity (Wildman–Crippen MR) is 384 cm³/mol. The quantitative estimate of drug-likeness (QED) is 0.0356. The van der Waals surface area contributed by atoms with E-state index >= 15 is 0 Å². The minimum atomic E-state index is -0.729. The third-order valence-electron chi connectivity index (χ3n) is 19.4. The van der Waals surface area contributed by atoms with Crippen LogP contribution in [0.3, 0.4) is 0 Å². The Bertz CT molecular complexity index is 3520. The summed E-state index contributed by atoms with van der Waals surface area (Å²) in [6.45, 7) is 17.8. The van der Waals surface area contributed by atoms with E-state index < -0.39 is 52.6 Å². The van der Waals surface area contributed by atoms with Crippen molar-refractivity contribution in [1.82, 2.24) is 30.0 Å². The Morgan fingerprint density at radius 3 is 1.35 bits per heavy atom. The molecule has 5 aromatic rings. The van der Waals surface area contributed by atoms with Crippen LogP contribution in [-0.2, 0) is 62.3 Å². The number of Topliss-reactive ketones (excluding diaryl/α,β-unsaturated/α-hetero) is 1. The Morgan fingerprint density at radius 2 is 0.941 bits per heavy atom.